The Bertz CT molecular complexity index is 2600. The van der Waals surface area contributed by atoms with Crippen molar-refractivity contribution in [1.82, 2.24) is 5.06 Å². The van der Waals surface area contributed by atoms with E-state index in [1.54, 1.807) is 0 Å². The highest BCUT2D eigenvalue weighted by molar-refractivity contribution is 7.85. The maximum Gasteiger partial charge on any atom is 0.333 e. The van der Waals surface area contributed by atoms with Gasteiger partial charge in [-0.1, -0.05) is 98.8 Å². The lowest BCUT2D eigenvalue weighted by atomic mass is 9.79. The second-order valence-electron chi connectivity index (χ2n) is 16.8. The van der Waals surface area contributed by atoms with Gasteiger partial charge in [-0.25, -0.2) is 13.2 Å². The van der Waals surface area contributed by atoms with E-state index in [4.69, 9.17) is 4.84 Å². The van der Waals surface area contributed by atoms with Crippen LogP contribution in [0.25, 0.3) is 21.5 Å². The van der Waals surface area contributed by atoms with Gasteiger partial charge in [-0.15, -0.1) is 5.06 Å². The number of allylic oxidation sites excluding steroid dienone is 8. The Balaban J connectivity index is 1.07. The molecule has 0 bridgehead atoms. The molecule has 4 aromatic carbocycles. The first-order valence-electron chi connectivity index (χ1n) is 20.9. The third-order valence-electron chi connectivity index (χ3n) is 11.9. The van der Waals surface area contributed by atoms with Gasteiger partial charge in [0.15, 0.2) is 5.71 Å². The number of unbranched alkanes of at least 4 members (excludes halogenated alkanes) is 3. The third-order valence-corrected chi connectivity index (χ3v) is 12.7. The van der Waals surface area contributed by atoms with Crippen molar-refractivity contribution in [3.63, 3.8) is 0 Å². The second-order valence-corrected chi connectivity index (χ2v) is 18.3. The van der Waals surface area contributed by atoms with Crippen LogP contribution in [0.4, 0.5) is 11.4 Å². The normalized spacial score (nSPS) is 18.1. The number of amides is 2. The van der Waals surface area contributed by atoms with Crippen LogP contribution in [0.5, 0.6) is 0 Å². The van der Waals surface area contributed by atoms with E-state index in [1.807, 2.05) is 30.4 Å². The monoisotopic (exact) mass is 827 g/mol. The topological polar surface area (TPSA) is 127 Å². The number of anilines is 1. The Kier molecular flexibility index (Phi) is 12.4. The van der Waals surface area contributed by atoms with Gasteiger partial charge in [0.25, 0.3) is 11.8 Å². The third kappa shape index (κ3) is 8.79. The minimum atomic E-state index is -4.27. The van der Waals surface area contributed by atoms with Gasteiger partial charge in [0.05, 0.1) is 15.5 Å². The lowest BCUT2D eigenvalue weighted by Crippen LogP contribution is -2.31. The van der Waals surface area contributed by atoms with E-state index >= 15 is 0 Å². The van der Waals surface area contributed by atoms with Crippen molar-refractivity contribution in [3.8, 4) is 0 Å². The fourth-order valence-electron chi connectivity index (χ4n) is 9.11. The average molecular weight is 828 g/mol. The first kappa shape index (κ1) is 42.5. The molecule has 10 nitrogen and oxygen atoms in total. The summed E-state index contributed by atoms with van der Waals surface area (Å²) in [6.45, 7) is 10.3. The molecule has 1 fully saturated rings. The van der Waals surface area contributed by atoms with Crippen molar-refractivity contribution in [1.29, 1.82) is 0 Å². The van der Waals surface area contributed by atoms with Crippen LogP contribution in [-0.2, 0) is 40.2 Å². The van der Waals surface area contributed by atoms with Crippen molar-refractivity contribution in [3.05, 3.63) is 132 Å². The summed E-state index contributed by atoms with van der Waals surface area (Å²) in [5.41, 5.74) is 6.47. The number of imide groups is 1. The highest BCUT2D eigenvalue weighted by Crippen LogP contribution is 2.51. The molecule has 0 saturated carbocycles. The number of rotatable bonds is 16. The summed E-state index contributed by atoms with van der Waals surface area (Å²) in [4.78, 5) is 43.4. The number of fused-ring (bicyclic) bond motifs is 6. The maximum absolute atomic E-state index is 12.4. The summed E-state index contributed by atoms with van der Waals surface area (Å²) >= 11 is 0. The molecule has 2 amide bonds. The number of benzene rings is 4. The number of carbonyl (C=O) groups excluding carboxylic acids is 3. The molecule has 3 aliphatic rings. The average Bonchev–Trinajstić information content (AvgIpc) is 3.73. The molecule has 3 aliphatic heterocycles. The van der Waals surface area contributed by atoms with Crippen LogP contribution < -0.4 is 4.90 Å². The predicted molar refractivity (Wildman–Crippen MR) is 236 cm³/mol. The highest BCUT2D eigenvalue weighted by atomic mass is 32.2. The van der Waals surface area contributed by atoms with Gasteiger partial charge in [-0.05, 0) is 84.8 Å². The molecule has 0 spiro atoms. The van der Waals surface area contributed by atoms with Crippen LogP contribution in [0.15, 0.2) is 121 Å². The van der Waals surface area contributed by atoms with Crippen molar-refractivity contribution in [2.75, 3.05) is 23.7 Å². The first-order valence-corrected chi connectivity index (χ1v) is 22.5. The van der Waals surface area contributed by atoms with Crippen LogP contribution in [0.3, 0.4) is 0 Å². The fraction of sp³-hybridized carbons (Fsp3) is 0.347. The van der Waals surface area contributed by atoms with Crippen molar-refractivity contribution in [2.45, 2.75) is 89.9 Å². The molecular formula is C49H53N3O7S. The molecule has 312 valence electrons. The highest BCUT2D eigenvalue weighted by Gasteiger charge is 2.45. The Hall–Kier alpha value is -5.65. The minimum absolute atomic E-state index is 0.0735. The Morgan fingerprint density at radius 1 is 0.750 bits per heavy atom. The lowest BCUT2D eigenvalue weighted by molar-refractivity contribution is -0.438. The molecule has 0 aliphatic carbocycles. The summed E-state index contributed by atoms with van der Waals surface area (Å²) in [6.07, 6.45) is 17.8. The summed E-state index contributed by atoms with van der Waals surface area (Å²) in [5.74, 6) is -1.88. The zero-order chi connectivity index (χ0) is 42.7. The molecule has 0 unspecified atom stereocenters. The number of hydrogen-bond acceptors (Lipinski definition) is 8. The van der Waals surface area contributed by atoms with Gasteiger partial charge in [0, 0.05) is 72.5 Å². The number of hydroxylamine groups is 2. The van der Waals surface area contributed by atoms with Gasteiger partial charge < -0.3 is 14.3 Å². The molecule has 60 heavy (non-hydrogen) atoms. The van der Waals surface area contributed by atoms with Gasteiger partial charge in [-0.2, -0.15) is 4.58 Å². The van der Waals surface area contributed by atoms with Crippen LogP contribution in [0, 0.1) is 0 Å². The van der Waals surface area contributed by atoms with E-state index in [1.165, 1.54) is 44.1 Å². The van der Waals surface area contributed by atoms with Gasteiger partial charge >= 0.3 is 5.97 Å². The Morgan fingerprint density at radius 2 is 1.38 bits per heavy atom. The summed E-state index contributed by atoms with van der Waals surface area (Å²) < 4.78 is 36.3. The van der Waals surface area contributed by atoms with E-state index in [0.717, 1.165) is 30.8 Å². The summed E-state index contributed by atoms with van der Waals surface area (Å²) in [5, 5.41) is 5.38. The van der Waals surface area contributed by atoms with Crippen molar-refractivity contribution < 1.29 is 36.8 Å². The number of hydrogen-bond donors (Lipinski definition) is 0. The molecule has 0 aromatic heterocycles. The van der Waals surface area contributed by atoms with E-state index < -0.39 is 27.9 Å². The molecule has 4 aromatic rings. The molecule has 0 atom stereocenters. The van der Waals surface area contributed by atoms with Crippen LogP contribution in [0.1, 0.15) is 90.2 Å². The van der Waals surface area contributed by atoms with Crippen molar-refractivity contribution >= 4 is 66.5 Å². The standard InChI is InChI=1S/C49H53N3O7S/c1-48(2)41(50(39-28-26-35-19-12-14-21-37(35)46(39)48)32-16-8-11-25-45(55)59-52-43(53)30-31-44(52)54)23-9-6-5-7-10-24-42-49(3,4)47-38-22-15-13-20-36(38)27-29-40(47)51(42)33-17-18-34-60(56,57)58/h5-7,9-10,12-15,19-24,26-29H,8,11,16-18,25,30-34H2,1-4H3. The lowest BCUT2D eigenvalue weighted by Gasteiger charge is -2.27. The molecular weight excluding hydrogens is 775 g/mol. The van der Waals surface area contributed by atoms with E-state index in [2.05, 4.69) is 122 Å². The van der Waals surface area contributed by atoms with Crippen LogP contribution in [0.2, 0.25) is 0 Å². The molecule has 7 rings (SSSR count). The Labute approximate surface area is 352 Å². The zero-order valence-electron chi connectivity index (χ0n) is 34.9. The van der Waals surface area contributed by atoms with E-state index in [0.29, 0.717) is 30.9 Å². The molecule has 11 heteroatoms. The quantitative estimate of drug-likeness (QED) is 0.0360. The first-order chi connectivity index (χ1) is 28.7. The Morgan fingerprint density at radius 3 is 2.08 bits per heavy atom. The summed E-state index contributed by atoms with van der Waals surface area (Å²) in [6, 6.07) is 25.5. The number of carbonyl (C=O) groups is 3. The zero-order valence-corrected chi connectivity index (χ0v) is 35.7. The van der Waals surface area contributed by atoms with Crippen molar-refractivity contribution in [2.24, 2.45) is 0 Å². The van der Waals surface area contributed by atoms with Crippen LogP contribution in [-0.4, -0.2) is 64.9 Å². The fourth-order valence-corrected chi connectivity index (χ4v) is 9.67. The summed E-state index contributed by atoms with van der Waals surface area (Å²) in [7, 11) is -4.27. The minimum Gasteiger partial charge on any atom is -0.748 e. The maximum atomic E-state index is 12.4. The van der Waals surface area contributed by atoms with Gasteiger partial charge in [0.2, 0.25) is 5.69 Å². The molecule has 1 saturated heterocycles. The van der Waals surface area contributed by atoms with E-state index in [9.17, 15) is 27.4 Å². The van der Waals surface area contributed by atoms with Crippen LogP contribution >= 0.6 is 0 Å². The van der Waals surface area contributed by atoms with Gasteiger partial charge in [0.1, 0.15) is 6.54 Å². The number of nitrogens with zero attached hydrogens (tertiary/aromatic N) is 3. The molecule has 0 N–H and O–H groups in total. The van der Waals surface area contributed by atoms with E-state index in [-0.39, 0.29) is 35.8 Å². The molecule has 0 radical (unpaired) electrons. The largest absolute Gasteiger partial charge is 0.748 e. The predicted octanol–water partition coefficient (Wildman–Crippen LogP) is 9.21. The SMILES string of the molecule is CC1(C)C(/C=C/C=C/C=C/C=C2\N(CCCCS(=O)(=O)[O-])c3ccc4ccccc4c3C2(C)C)=[N+](CCCCCC(=O)ON2C(=O)CCC2=O)c2ccc3ccccc3c21. The second kappa shape index (κ2) is 17.5. The smallest absolute Gasteiger partial charge is 0.333 e. The van der Waals surface area contributed by atoms with Gasteiger partial charge in [-0.3, -0.25) is 9.59 Å². The molecule has 3 heterocycles.